The minimum absolute atomic E-state index is 0.653. The lowest BCUT2D eigenvalue weighted by Gasteiger charge is -2.09. The molecule has 0 spiro atoms. The molecule has 0 aliphatic heterocycles. The number of aryl methyl sites for hydroxylation is 1. The van der Waals surface area contributed by atoms with E-state index < -0.39 is 0 Å². The summed E-state index contributed by atoms with van der Waals surface area (Å²) in [5.41, 5.74) is 0. The third kappa shape index (κ3) is 5.62. The number of thiocarbonyl (C=S) groups is 1. The van der Waals surface area contributed by atoms with Crippen molar-refractivity contribution in [1.82, 2.24) is 25.8 Å². The van der Waals surface area contributed by atoms with Crippen LogP contribution in [0, 0.1) is 0 Å². The molecule has 0 amide bonds. The molecule has 3 N–H and O–H groups in total. The molecule has 0 radical (unpaired) electrons. The van der Waals surface area contributed by atoms with Crippen molar-refractivity contribution in [3.8, 4) is 0 Å². The Kier molecular flexibility index (Phi) is 6.43. The van der Waals surface area contributed by atoms with E-state index in [-0.39, 0.29) is 0 Å². The van der Waals surface area contributed by atoms with Gasteiger partial charge in [-0.05, 0) is 18.6 Å². The summed E-state index contributed by atoms with van der Waals surface area (Å²) >= 11 is 5.07. The number of hydrogen-bond donors (Lipinski definition) is 3. The van der Waals surface area contributed by atoms with Crippen LogP contribution in [0.5, 0.6) is 0 Å². The first-order valence-electron chi connectivity index (χ1n) is 5.18. The Morgan fingerprint density at radius 1 is 1.50 bits per heavy atom. The highest BCUT2D eigenvalue weighted by atomic mass is 32.1. The fourth-order valence-corrected chi connectivity index (χ4v) is 1.34. The van der Waals surface area contributed by atoms with Gasteiger partial charge in [0.1, 0.15) is 12.2 Å². The van der Waals surface area contributed by atoms with Crippen molar-refractivity contribution in [2.24, 2.45) is 0 Å². The van der Waals surface area contributed by atoms with Gasteiger partial charge in [0.05, 0.1) is 6.61 Å². The Bertz CT molecular complexity index is 290. The lowest BCUT2D eigenvalue weighted by Crippen LogP contribution is -2.37. The number of hydrogen-bond acceptors (Lipinski definition) is 4. The summed E-state index contributed by atoms with van der Waals surface area (Å²) in [4.78, 5) is 4.03. The average molecular weight is 243 g/mol. The number of nitrogens with one attached hydrogen (secondary N) is 3. The maximum atomic E-state index is 5.07. The number of H-pyrrole nitrogens is 1. The van der Waals surface area contributed by atoms with Gasteiger partial charge in [-0.3, -0.25) is 5.10 Å². The van der Waals surface area contributed by atoms with Gasteiger partial charge >= 0.3 is 0 Å². The Morgan fingerprint density at radius 2 is 2.31 bits per heavy atom. The fourth-order valence-electron chi connectivity index (χ4n) is 1.14. The Labute approximate surface area is 100 Å². The van der Waals surface area contributed by atoms with Gasteiger partial charge in [0.15, 0.2) is 5.11 Å². The number of aromatic nitrogens is 3. The molecule has 0 aromatic carbocycles. The molecule has 6 nitrogen and oxygen atoms in total. The van der Waals surface area contributed by atoms with Gasteiger partial charge < -0.3 is 15.4 Å². The molecule has 0 saturated carbocycles. The monoisotopic (exact) mass is 243 g/mol. The average Bonchev–Trinajstić information content (AvgIpc) is 2.78. The van der Waals surface area contributed by atoms with Gasteiger partial charge in [0, 0.05) is 26.6 Å². The largest absolute Gasteiger partial charge is 0.383 e. The molecule has 0 atom stereocenters. The first-order chi connectivity index (χ1) is 7.83. The summed E-state index contributed by atoms with van der Waals surface area (Å²) in [5.74, 6) is 0.903. The summed E-state index contributed by atoms with van der Waals surface area (Å²) < 4.78 is 4.90. The molecule has 0 aliphatic rings. The van der Waals surface area contributed by atoms with Crippen LogP contribution in [0.15, 0.2) is 6.33 Å². The van der Waals surface area contributed by atoms with E-state index in [1.54, 1.807) is 7.11 Å². The molecule has 16 heavy (non-hydrogen) atoms. The number of methoxy groups -OCH3 is 1. The van der Waals surface area contributed by atoms with Crippen LogP contribution in [0.25, 0.3) is 0 Å². The highest BCUT2D eigenvalue weighted by Gasteiger charge is 1.97. The highest BCUT2D eigenvalue weighted by Crippen LogP contribution is 1.91. The van der Waals surface area contributed by atoms with Crippen LogP contribution in [0.1, 0.15) is 12.2 Å². The molecule has 0 saturated heterocycles. The molecule has 1 rings (SSSR count). The topological polar surface area (TPSA) is 74.9 Å². The minimum Gasteiger partial charge on any atom is -0.383 e. The molecule has 1 heterocycles. The van der Waals surface area contributed by atoms with Crippen molar-refractivity contribution in [1.29, 1.82) is 0 Å². The summed E-state index contributed by atoms with van der Waals surface area (Å²) in [5, 5.41) is 13.4. The van der Waals surface area contributed by atoms with Crippen LogP contribution in [0.3, 0.4) is 0 Å². The molecular formula is C9H17N5OS. The molecule has 0 fully saturated rings. The van der Waals surface area contributed by atoms with Gasteiger partial charge in [-0.15, -0.1) is 0 Å². The van der Waals surface area contributed by atoms with Crippen LogP contribution in [0.4, 0.5) is 0 Å². The number of ether oxygens (including phenoxy) is 1. The van der Waals surface area contributed by atoms with E-state index in [0.717, 1.165) is 31.8 Å². The Morgan fingerprint density at radius 3 is 3.00 bits per heavy atom. The van der Waals surface area contributed by atoms with E-state index in [1.807, 2.05) is 0 Å². The maximum absolute atomic E-state index is 5.07. The van der Waals surface area contributed by atoms with E-state index in [4.69, 9.17) is 17.0 Å². The van der Waals surface area contributed by atoms with Crippen LogP contribution >= 0.6 is 12.2 Å². The summed E-state index contributed by atoms with van der Waals surface area (Å²) in [6.07, 6.45) is 3.34. The highest BCUT2D eigenvalue weighted by molar-refractivity contribution is 7.80. The number of rotatable bonds is 7. The van der Waals surface area contributed by atoms with E-state index >= 15 is 0 Å². The molecule has 1 aromatic heterocycles. The second kappa shape index (κ2) is 8.00. The van der Waals surface area contributed by atoms with Gasteiger partial charge in [0.2, 0.25) is 0 Å². The van der Waals surface area contributed by atoms with Crippen LogP contribution in [0.2, 0.25) is 0 Å². The van der Waals surface area contributed by atoms with Crippen molar-refractivity contribution in [2.75, 3.05) is 26.8 Å². The predicted octanol–water partition coefficient (Wildman–Crippen LogP) is -0.152. The SMILES string of the molecule is COCCNC(=S)NCCCc1ncn[nH]1. The molecule has 0 aliphatic carbocycles. The van der Waals surface area contributed by atoms with E-state index in [9.17, 15) is 0 Å². The fraction of sp³-hybridized carbons (Fsp3) is 0.667. The molecule has 0 bridgehead atoms. The zero-order valence-corrected chi connectivity index (χ0v) is 10.1. The van der Waals surface area contributed by atoms with Crippen molar-refractivity contribution in [3.63, 3.8) is 0 Å². The molecular weight excluding hydrogens is 226 g/mol. The Balaban J connectivity index is 1.96. The van der Waals surface area contributed by atoms with Crippen LogP contribution in [-0.4, -0.2) is 47.1 Å². The normalized spacial score (nSPS) is 10.1. The third-order valence-corrected chi connectivity index (χ3v) is 2.22. The van der Waals surface area contributed by atoms with Crippen molar-refractivity contribution in [2.45, 2.75) is 12.8 Å². The van der Waals surface area contributed by atoms with Crippen molar-refractivity contribution in [3.05, 3.63) is 12.2 Å². The van der Waals surface area contributed by atoms with Gasteiger partial charge in [-0.1, -0.05) is 0 Å². The quantitative estimate of drug-likeness (QED) is 0.457. The lowest BCUT2D eigenvalue weighted by atomic mass is 10.3. The van der Waals surface area contributed by atoms with Gasteiger partial charge in [-0.2, -0.15) is 5.10 Å². The number of nitrogens with zero attached hydrogens (tertiary/aromatic N) is 2. The molecule has 1 aromatic rings. The maximum Gasteiger partial charge on any atom is 0.166 e. The predicted molar refractivity (Wildman–Crippen MR) is 65.2 cm³/mol. The number of aromatic amines is 1. The van der Waals surface area contributed by atoms with Crippen LogP contribution < -0.4 is 10.6 Å². The van der Waals surface area contributed by atoms with Gasteiger partial charge in [0.25, 0.3) is 0 Å². The van der Waals surface area contributed by atoms with E-state index in [0.29, 0.717) is 11.7 Å². The summed E-state index contributed by atoms with van der Waals surface area (Å²) in [7, 11) is 1.66. The summed E-state index contributed by atoms with van der Waals surface area (Å²) in [6, 6.07) is 0. The second-order valence-corrected chi connectivity index (χ2v) is 3.62. The molecule has 90 valence electrons. The zero-order valence-electron chi connectivity index (χ0n) is 9.32. The van der Waals surface area contributed by atoms with E-state index in [1.165, 1.54) is 6.33 Å². The minimum atomic E-state index is 0.653. The smallest absolute Gasteiger partial charge is 0.166 e. The van der Waals surface area contributed by atoms with Crippen LogP contribution in [-0.2, 0) is 11.2 Å². The molecule has 7 heteroatoms. The molecule has 0 unspecified atom stereocenters. The second-order valence-electron chi connectivity index (χ2n) is 3.21. The van der Waals surface area contributed by atoms with Crippen molar-refractivity contribution < 1.29 is 4.74 Å². The van der Waals surface area contributed by atoms with Gasteiger partial charge in [-0.25, -0.2) is 4.98 Å². The zero-order chi connectivity index (χ0) is 11.6. The van der Waals surface area contributed by atoms with Crippen molar-refractivity contribution >= 4 is 17.3 Å². The lowest BCUT2D eigenvalue weighted by molar-refractivity contribution is 0.204. The third-order valence-electron chi connectivity index (χ3n) is 1.93. The summed E-state index contributed by atoms with van der Waals surface area (Å²) in [6.45, 7) is 2.20. The first-order valence-corrected chi connectivity index (χ1v) is 5.58. The standard InChI is InChI=1S/C9H17N5OS/c1-15-6-5-11-9(16)10-4-2-3-8-12-7-13-14-8/h7H,2-6H2,1H3,(H2,10,11,16)(H,12,13,14). The van der Waals surface area contributed by atoms with E-state index in [2.05, 4.69) is 25.8 Å². The first kappa shape index (κ1) is 12.9. The Hall–Kier alpha value is -1.21.